The van der Waals surface area contributed by atoms with Gasteiger partial charge >= 0.3 is 0 Å². The summed E-state index contributed by atoms with van der Waals surface area (Å²) >= 11 is 7.48. The molecule has 0 amide bonds. The lowest BCUT2D eigenvalue weighted by molar-refractivity contribution is 0.112. The highest BCUT2D eigenvalue weighted by Gasteiger charge is 2.07. The average molecular weight is 274 g/mol. The second-order valence-corrected chi connectivity index (χ2v) is 5.01. The normalized spacial score (nSPS) is 9.78. The second kappa shape index (κ2) is 5.72. The third-order valence-corrected chi connectivity index (χ3v) is 3.91. The van der Waals surface area contributed by atoms with Crippen LogP contribution in [0.2, 0.25) is 5.02 Å². The molecule has 88 valence electrons. The third kappa shape index (κ3) is 2.73. The summed E-state index contributed by atoms with van der Waals surface area (Å²) in [5, 5.41) is 9.72. The predicted octanol–water partition coefficient (Wildman–Crippen LogP) is 4.18. The number of rotatable bonds is 3. The lowest BCUT2D eigenvalue weighted by Gasteiger charge is -2.06. The molecule has 0 aliphatic carbocycles. The Morgan fingerprint density at radius 3 is 2.61 bits per heavy atom. The minimum absolute atomic E-state index is 0.476. The Bertz CT molecular complexity index is 634. The van der Waals surface area contributed by atoms with Gasteiger partial charge in [-0.3, -0.25) is 4.79 Å². The first-order valence-corrected chi connectivity index (χ1v) is 6.36. The number of nitriles is 1. The number of benzene rings is 2. The molecule has 0 spiro atoms. The van der Waals surface area contributed by atoms with Crippen molar-refractivity contribution < 1.29 is 4.79 Å². The fourth-order valence-electron chi connectivity index (χ4n) is 1.44. The molecule has 0 fully saturated rings. The van der Waals surface area contributed by atoms with Crippen molar-refractivity contribution in [2.75, 3.05) is 0 Å². The zero-order chi connectivity index (χ0) is 13.0. The maximum Gasteiger partial charge on any atom is 0.150 e. The van der Waals surface area contributed by atoms with Gasteiger partial charge in [0.2, 0.25) is 0 Å². The highest BCUT2D eigenvalue weighted by atomic mass is 35.5. The van der Waals surface area contributed by atoms with Gasteiger partial charge in [-0.1, -0.05) is 41.6 Å². The van der Waals surface area contributed by atoms with E-state index in [-0.39, 0.29) is 0 Å². The zero-order valence-electron chi connectivity index (χ0n) is 9.26. The van der Waals surface area contributed by atoms with Crippen LogP contribution in [0.5, 0.6) is 0 Å². The molecule has 18 heavy (non-hydrogen) atoms. The van der Waals surface area contributed by atoms with Gasteiger partial charge in [0, 0.05) is 15.4 Å². The number of nitrogens with zero attached hydrogens (tertiary/aromatic N) is 1. The van der Waals surface area contributed by atoms with Gasteiger partial charge in [-0.15, -0.1) is 0 Å². The van der Waals surface area contributed by atoms with Gasteiger partial charge < -0.3 is 0 Å². The second-order valence-electron chi connectivity index (χ2n) is 3.52. The quantitative estimate of drug-likeness (QED) is 0.788. The predicted molar refractivity (Wildman–Crippen MR) is 72.1 cm³/mol. The van der Waals surface area contributed by atoms with Crippen LogP contribution in [0.25, 0.3) is 0 Å². The van der Waals surface area contributed by atoms with Crippen molar-refractivity contribution in [2.24, 2.45) is 0 Å². The molecule has 0 atom stereocenters. The van der Waals surface area contributed by atoms with E-state index in [0.29, 0.717) is 16.1 Å². The van der Waals surface area contributed by atoms with Gasteiger partial charge in [0.25, 0.3) is 0 Å². The van der Waals surface area contributed by atoms with Crippen molar-refractivity contribution in [1.82, 2.24) is 0 Å². The molecule has 4 heteroatoms. The maximum atomic E-state index is 10.7. The molecule has 2 nitrogen and oxygen atoms in total. The summed E-state index contributed by atoms with van der Waals surface area (Å²) < 4.78 is 0. The van der Waals surface area contributed by atoms with Gasteiger partial charge in [-0.25, -0.2) is 0 Å². The van der Waals surface area contributed by atoms with Crippen LogP contribution in [0.4, 0.5) is 0 Å². The first kappa shape index (κ1) is 12.7. The average Bonchev–Trinajstić information content (AvgIpc) is 2.41. The Balaban J connectivity index is 2.38. The highest BCUT2D eigenvalue weighted by molar-refractivity contribution is 7.99. The third-order valence-electron chi connectivity index (χ3n) is 2.32. The number of carbonyl (C=O) groups is 1. The molecule has 0 N–H and O–H groups in total. The van der Waals surface area contributed by atoms with Crippen LogP contribution in [-0.2, 0) is 0 Å². The number of halogens is 1. The summed E-state index contributed by atoms with van der Waals surface area (Å²) in [5.41, 5.74) is 0.972. The number of carbonyl (C=O) groups excluding carboxylic acids is 1. The number of aldehydes is 1. The van der Waals surface area contributed by atoms with Crippen molar-refractivity contribution in [2.45, 2.75) is 9.79 Å². The van der Waals surface area contributed by atoms with E-state index in [1.54, 1.807) is 24.3 Å². The summed E-state index contributed by atoms with van der Waals surface area (Å²) in [6.45, 7) is 0. The van der Waals surface area contributed by atoms with E-state index < -0.39 is 0 Å². The summed E-state index contributed by atoms with van der Waals surface area (Å²) in [4.78, 5) is 12.3. The van der Waals surface area contributed by atoms with Crippen LogP contribution >= 0.6 is 23.4 Å². The molecule has 0 aromatic heterocycles. The topological polar surface area (TPSA) is 40.9 Å². The lowest BCUT2D eigenvalue weighted by Crippen LogP contribution is -1.86. The first-order chi connectivity index (χ1) is 8.74. The molecular weight excluding hydrogens is 266 g/mol. The molecule has 2 aromatic carbocycles. The van der Waals surface area contributed by atoms with Crippen molar-refractivity contribution >= 4 is 29.6 Å². The SMILES string of the molecule is N#Cc1cc(C=O)ccc1Sc1ccccc1Cl. The summed E-state index contributed by atoms with van der Waals surface area (Å²) in [6, 6.07) is 14.5. The van der Waals surface area contributed by atoms with E-state index in [9.17, 15) is 4.79 Å². The van der Waals surface area contributed by atoms with Crippen LogP contribution < -0.4 is 0 Å². The maximum absolute atomic E-state index is 10.7. The molecule has 2 rings (SSSR count). The van der Waals surface area contributed by atoms with E-state index in [4.69, 9.17) is 16.9 Å². The van der Waals surface area contributed by atoms with E-state index in [2.05, 4.69) is 6.07 Å². The molecule has 0 bridgehead atoms. The summed E-state index contributed by atoms with van der Waals surface area (Å²) in [5.74, 6) is 0. The van der Waals surface area contributed by atoms with Gasteiger partial charge in [0.1, 0.15) is 12.4 Å². The fraction of sp³-hybridized carbons (Fsp3) is 0. The Kier molecular flexibility index (Phi) is 4.03. The molecule has 0 saturated carbocycles. The van der Waals surface area contributed by atoms with E-state index >= 15 is 0 Å². The van der Waals surface area contributed by atoms with Crippen molar-refractivity contribution in [3.05, 3.63) is 58.6 Å². The monoisotopic (exact) mass is 273 g/mol. The smallest absolute Gasteiger partial charge is 0.150 e. The minimum atomic E-state index is 0.476. The standard InChI is InChI=1S/C14H8ClNOS/c15-12-3-1-2-4-14(12)18-13-6-5-10(9-17)7-11(13)8-16/h1-7,9H. The van der Waals surface area contributed by atoms with E-state index in [1.165, 1.54) is 11.8 Å². The molecule has 0 radical (unpaired) electrons. The zero-order valence-corrected chi connectivity index (χ0v) is 10.8. The first-order valence-electron chi connectivity index (χ1n) is 5.16. The van der Waals surface area contributed by atoms with E-state index in [0.717, 1.165) is 16.1 Å². The van der Waals surface area contributed by atoms with Crippen LogP contribution in [0, 0.1) is 11.3 Å². The van der Waals surface area contributed by atoms with Crippen LogP contribution in [0.15, 0.2) is 52.3 Å². The van der Waals surface area contributed by atoms with Crippen LogP contribution in [0.3, 0.4) is 0 Å². The molecule has 0 unspecified atom stereocenters. The largest absolute Gasteiger partial charge is 0.298 e. The molecule has 0 aliphatic rings. The van der Waals surface area contributed by atoms with E-state index in [1.807, 2.05) is 18.2 Å². The molecule has 0 aliphatic heterocycles. The molecule has 0 saturated heterocycles. The van der Waals surface area contributed by atoms with Crippen molar-refractivity contribution in [3.63, 3.8) is 0 Å². The van der Waals surface area contributed by atoms with Crippen molar-refractivity contribution in [1.29, 1.82) is 5.26 Å². The molecular formula is C14H8ClNOS. The number of hydrogen-bond donors (Lipinski definition) is 0. The van der Waals surface area contributed by atoms with Gasteiger partial charge in [0.05, 0.1) is 10.6 Å². The number of hydrogen-bond acceptors (Lipinski definition) is 3. The summed E-state index contributed by atoms with van der Waals surface area (Å²) in [6.07, 6.45) is 0.727. The van der Waals surface area contributed by atoms with Crippen LogP contribution in [-0.4, -0.2) is 6.29 Å². The Morgan fingerprint density at radius 2 is 1.94 bits per heavy atom. The minimum Gasteiger partial charge on any atom is -0.298 e. The van der Waals surface area contributed by atoms with Crippen molar-refractivity contribution in [3.8, 4) is 6.07 Å². The Labute approximate surface area is 114 Å². The Morgan fingerprint density at radius 1 is 1.17 bits per heavy atom. The van der Waals surface area contributed by atoms with Gasteiger partial charge in [0.15, 0.2) is 0 Å². The Hall–Kier alpha value is -1.76. The van der Waals surface area contributed by atoms with Crippen LogP contribution in [0.1, 0.15) is 15.9 Å². The molecule has 2 aromatic rings. The lowest BCUT2D eigenvalue weighted by atomic mass is 10.1. The fourth-order valence-corrected chi connectivity index (χ4v) is 2.59. The summed E-state index contributed by atoms with van der Waals surface area (Å²) in [7, 11) is 0. The molecule has 0 heterocycles. The highest BCUT2D eigenvalue weighted by Crippen LogP contribution is 2.34. The van der Waals surface area contributed by atoms with Gasteiger partial charge in [-0.2, -0.15) is 5.26 Å². The van der Waals surface area contributed by atoms with Gasteiger partial charge in [-0.05, 0) is 24.3 Å².